The number of carbonyl (C=O) groups excluding carboxylic acids is 1. The Hall–Kier alpha value is -1.13. The molecule has 0 fully saturated rings. The van der Waals surface area contributed by atoms with Gasteiger partial charge in [-0.1, -0.05) is 15.9 Å². The first-order valence-corrected chi connectivity index (χ1v) is 7.93. The van der Waals surface area contributed by atoms with Gasteiger partial charge in [0.05, 0.1) is 4.88 Å². The average Bonchev–Trinajstić information content (AvgIpc) is 2.94. The topological polar surface area (TPSA) is 29.1 Å². The van der Waals surface area contributed by atoms with Crippen LogP contribution in [0.3, 0.4) is 0 Å². The minimum Gasteiger partial charge on any atom is -0.321 e. The highest BCUT2D eigenvalue weighted by molar-refractivity contribution is 9.10. The lowest BCUT2D eigenvalue weighted by atomic mass is 10.2. The molecule has 2 nitrogen and oxygen atoms in total. The van der Waals surface area contributed by atoms with Crippen molar-refractivity contribution in [3.63, 3.8) is 0 Å². The third-order valence-electron chi connectivity index (χ3n) is 3.39. The summed E-state index contributed by atoms with van der Waals surface area (Å²) >= 11 is 5.10. The summed E-state index contributed by atoms with van der Waals surface area (Å²) in [7, 11) is 0. The number of fused-ring (bicyclic) bond motifs is 1. The van der Waals surface area contributed by atoms with Crippen LogP contribution in [0.4, 0.5) is 5.69 Å². The van der Waals surface area contributed by atoms with E-state index in [4.69, 9.17) is 0 Å². The van der Waals surface area contributed by atoms with Crippen LogP contribution in [-0.2, 0) is 12.8 Å². The molecule has 0 saturated carbocycles. The third-order valence-corrected chi connectivity index (χ3v) is 5.51. The Morgan fingerprint density at radius 1 is 1.32 bits per heavy atom. The van der Waals surface area contributed by atoms with E-state index >= 15 is 0 Å². The number of nitrogens with one attached hydrogen (secondary N) is 1. The first-order chi connectivity index (χ1) is 9.13. The van der Waals surface area contributed by atoms with E-state index in [1.807, 2.05) is 31.2 Å². The molecule has 4 heteroatoms. The van der Waals surface area contributed by atoms with E-state index in [1.165, 1.54) is 16.9 Å². The Morgan fingerprint density at radius 2 is 2.16 bits per heavy atom. The van der Waals surface area contributed by atoms with Gasteiger partial charge >= 0.3 is 0 Å². The summed E-state index contributed by atoms with van der Waals surface area (Å²) in [6.07, 6.45) is 3.48. The van der Waals surface area contributed by atoms with E-state index in [1.54, 1.807) is 11.3 Å². The first-order valence-electron chi connectivity index (χ1n) is 6.32. The van der Waals surface area contributed by atoms with Gasteiger partial charge in [0.25, 0.3) is 5.91 Å². The molecule has 98 valence electrons. The Bertz CT molecular complexity index is 626. The van der Waals surface area contributed by atoms with Crippen molar-refractivity contribution in [2.75, 3.05) is 5.32 Å². The molecule has 1 aliphatic carbocycles. The van der Waals surface area contributed by atoms with Crippen LogP contribution in [0.1, 0.15) is 32.1 Å². The zero-order chi connectivity index (χ0) is 13.4. The summed E-state index contributed by atoms with van der Waals surface area (Å²) in [4.78, 5) is 14.4. The van der Waals surface area contributed by atoms with E-state index in [0.717, 1.165) is 33.4 Å². The second-order valence-electron chi connectivity index (χ2n) is 4.83. The molecule has 3 rings (SSSR count). The number of anilines is 1. The number of rotatable bonds is 2. The molecule has 1 aromatic heterocycles. The summed E-state index contributed by atoms with van der Waals surface area (Å²) in [6, 6.07) is 7.90. The number of hydrogen-bond acceptors (Lipinski definition) is 2. The Balaban J connectivity index is 1.78. The number of halogens is 1. The number of thiophene rings is 1. The van der Waals surface area contributed by atoms with Gasteiger partial charge in [0.1, 0.15) is 0 Å². The van der Waals surface area contributed by atoms with E-state index in [-0.39, 0.29) is 5.91 Å². The van der Waals surface area contributed by atoms with Crippen LogP contribution in [0.15, 0.2) is 28.7 Å². The largest absolute Gasteiger partial charge is 0.321 e. The van der Waals surface area contributed by atoms with Crippen LogP contribution < -0.4 is 5.32 Å². The molecule has 1 heterocycles. The van der Waals surface area contributed by atoms with Crippen LogP contribution in [0.5, 0.6) is 0 Å². The van der Waals surface area contributed by atoms with E-state index < -0.39 is 0 Å². The second kappa shape index (κ2) is 5.10. The van der Waals surface area contributed by atoms with Gasteiger partial charge < -0.3 is 5.32 Å². The summed E-state index contributed by atoms with van der Waals surface area (Å²) in [5.74, 6) is 0.00104. The quantitative estimate of drug-likeness (QED) is 0.856. The standard InChI is InChI=1S/C15H14BrNOS/c1-9-7-11(5-6-12(9)16)17-15(18)14-8-10-3-2-4-13(10)19-14/h5-8H,2-4H2,1H3,(H,17,18). The molecule has 2 aromatic rings. The highest BCUT2D eigenvalue weighted by Gasteiger charge is 2.18. The summed E-state index contributed by atoms with van der Waals surface area (Å²) in [5.41, 5.74) is 3.33. The van der Waals surface area contributed by atoms with E-state index in [2.05, 4.69) is 21.2 Å². The van der Waals surface area contributed by atoms with Crippen LogP contribution in [0, 0.1) is 6.92 Å². The Labute approximate surface area is 125 Å². The molecule has 0 saturated heterocycles. The molecule has 0 atom stereocenters. The highest BCUT2D eigenvalue weighted by Crippen LogP contribution is 2.31. The molecule has 19 heavy (non-hydrogen) atoms. The van der Waals surface area contributed by atoms with Crippen molar-refractivity contribution < 1.29 is 4.79 Å². The van der Waals surface area contributed by atoms with Crippen molar-refractivity contribution in [2.45, 2.75) is 26.2 Å². The number of hydrogen-bond donors (Lipinski definition) is 1. The molecule has 0 unspecified atom stereocenters. The molecule has 1 N–H and O–H groups in total. The molecule has 0 aliphatic heterocycles. The fourth-order valence-electron chi connectivity index (χ4n) is 2.36. The SMILES string of the molecule is Cc1cc(NC(=O)c2cc3c(s2)CCC3)ccc1Br. The fraction of sp³-hybridized carbons (Fsp3) is 0.267. The summed E-state index contributed by atoms with van der Waals surface area (Å²) in [6.45, 7) is 2.01. The van der Waals surface area contributed by atoms with E-state index in [9.17, 15) is 4.79 Å². The van der Waals surface area contributed by atoms with Crippen molar-refractivity contribution in [3.8, 4) is 0 Å². The second-order valence-corrected chi connectivity index (χ2v) is 6.82. The van der Waals surface area contributed by atoms with Gasteiger partial charge in [-0.05, 0) is 61.6 Å². The van der Waals surface area contributed by atoms with Gasteiger partial charge in [0.15, 0.2) is 0 Å². The zero-order valence-corrected chi connectivity index (χ0v) is 13.0. The van der Waals surface area contributed by atoms with Crippen molar-refractivity contribution in [2.24, 2.45) is 0 Å². The highest BCUT2D eigenvalue weighted by atomic mass is 79.9. The fourth-order valence-corrected chi connectivity index (χ4v) is 3.75. The van der Waals surface area contributed by atoms with Crippen molar-refractivity contribution in [1.29, 1.82) is 0 Å². The Morgan fingerprint density at radius 3 is 2.89 bits per heavy atom. The van der Waals surface area contributed by atoms with Gasteiger partial charge in [-0.2, -0.15) is 0 Å². The molecule has 1 aromatic carbocycles. The van der Waals surface area contributed by atoms with Crippen molar-refractivity contribution in [3.05, 3.63) is 49.6 Å². The minimum atomic E-state index is 0.00104. The number of amides is 1. The van der Waals surface area contributed by atoms with Gasteiger partial charge in [-0.3, -0.25) is 4.79 Å². The maximum atomic E-state index is 12.2. The predicted octanol–water partition coefficient (Wildman–Crippen LogP) is 4.56. The average molecular weight is 336 g/mol. The third kappa shape index (κ3) is 2.60. The van der Waals surface area contributed by atoms with Gasteiger partial charge in [0, 0.05) is 15.0 Å². The summed E-state index contributed by atoms with van der Waals surface area (Å²) in [5, 5.41) is 2.97. The predicted molar refractivity (Wildman–Crippen MR) is 83.2 cm³/mol. The van der Waals surface area contributed by atoms with Crippen molar-refractivity contribution >= 4 is 38.9 Å². The molecule has 0 spiro atoms. The maximum Gasteiger partial charge on any atom is 0.265 e. The van der Waals surface area contributed by atoms with E-state index in [0.29, 0.717) is 0 Å². The number of benzene rings is 1. The van der Waals surface area contributed by atoms with Crippen LogP contribution in [0.2, 0.25) is 0 Å². The normalized spacial score (nSPS) is 13.4. The lowest BCUT2D eigenvalue weighted by molar-refractivity contribution is 0.103. The van der Waals surface area contributed by atoms with Gasteiger partial charge in [-0.25, -0.2) is 0 Å². The monoisotopic (exact) mass is 335 g/mol. The summed E-state index contributed by atoms with van der Waals surface area (Å²) < 4.78 is 1.06. The molecule has 1 amide bonds. The minimum absolute atomic E-state index is 0.00104. The van der Waals surface area contributed by atoms with Crippen LogP contribution in [0.25, 0.3) is 0 Å². The molecule has 1 aliphatic rings. The zero-order valence-electron chi connectivity index (χ0n) is 10.6. The number of carbonyl (C=O) groups is 1. The van der Waals surface area contributed by atoms with Gasteiger partial charge in [0.2, 0.25) is 0 Å². The van der Waals surface area contributed by atoms with Crippen molar-refractivity contribution in [1.82, 2.24) is 0 Å². The Kier molecular flexibility index (Phi) is 3.46. The molecule has 0 bridgehead atoms. The van der Waals surface area contributed by atoms with Gasteiger partial charge in [-0.15, -0.1) is 11.3 Å². The smallest absolute Gasteiger partial charge is 0.265 e. The first kappa shape index (κ1) is 12.9. The van der Waals surface area contributed by atoms with Crippen LogP contribution >= 0.6 is 27.3 Å². The number of aryl methyl sites for hydroxylation is 3. The molecular formula is C15H14BrNOS. The maximum absolute atomic E-state index is 12.2. The lowest BCUT2D eigenvalue weighted by Gasteiger charge is -2.05. The molecular weight excluding hydrogens is 322 g/mol. The lowest BCUT2D eigenvalue weighted by Crippen LogP contribution is -2.10. The molecule has 0 radical (unpaired) electrons. The van der Waals surface area contributed by atoms with Crippen LogP contribution in [-0.4, -0.2) is 5.91 Å².